The number of nitrogens with one attached hydrogen (secondary N) is 3. The average Bonchev–Trinajstić information content (AvgIpc) is 3.17. The van der Waals surface area contributed by atoms with Gasteiger partial charge in [-0.25, -0.2) is 8.42 Å². The summed E-state index contributed by atoms with van der Waals surface area (Å²) in [6.07, 6.45) is 3.35. The summed E-state index contributed by atoms with van der Waals surface area (Å²) >= 11 is 0. The molecule has 0 radical (unpaired) electrons. The SMILES string of the molecule is CS(=O)(=O)Nc1ccc(NC(=O)c2cc(C3CC3)[nH]n2)cc1. The number of carbonyl (C=O) groups excluding carboxylic acids is 1. The molecule has 0 spiro atoms. The molecule has 0 saturated heterocycles. The minimum atomic E-state index is -3.31. The molecule has 116 valence electrons. The fourth-order valence-electron chi connectivity index (χ4n) is 2.09. The monoisotopic (exact) mass is 320 g/mol. The number of sulfonamides is 1. The summed E-state index contributed by atoms with van der Waals surface area (Å²) in [6.45, 7) is 0. The van der Waals surface area contributed by atoms with Gasteiger partial charge in [0.15, 0.2) is 5.69 Å². The number of anilines is 2. The summed E-state index contributed by atoms with van der Waals surface area (Å²) < 4.78 is 24.6. The van der Waals surface area contributed by atoms with Crippen LogP contribution >= 0.6 is 0 Å². The van der Waals surface area contributed by atoms with Gasteiger partial charge in [-0.15, -0.1) is 0 Å². The lowest BCUT2D eigenvalue weighted by Crippen LogP contribution is -2.13. The minimum Gasteiger partial charge on any atom is -0.321 e. The minimum absolute atomic E-state index is 0.299. The summed E-state index contributed by atoms with van der Waals surface area (Å²) in [5.74, 6) is 0.211. The summed E-state index contributed by atoms with van der Waals surface area (Å²) in [5.41, 5.74) is 2.36. The van der Waals surface area contributed by atoms with Crippen molar-refractivity contribution < 1.29 is 13.2 Å². The van der Waals surface area contributed by atoms with Gasteiger partial charge in [0.25, 0.3) is 5.91 Å². The Balaban J connectivity index is 1.65. The van der Waals surface area contributed by atoms with E-state index in [0.29, 0.717) is 23.0 Å². The van der Waals surface area contributed by atoms with Crippen LogP contribution in [0.4, 0.5) is 11.4 Å². The number of hydrogen-bond donors (Lipinski definition) is 3. The molecule has 1 aliphatic carbocycles. The molecule has 1 saturated carbocycles. The fraction of sp³-hybridized carbons (Fsp3) is 0.286. The lowest BCUT2D eigenvalue weighted by molar-refractivity contribution is 0.102. The van der Waals surface area contributed by atoms with E-state index >= 15 is 0 Å². The average molecular weight is 320 g/mol. The van der Waals surface area contributed by atoms with Crippen LogP contribution in [-0.2, 0) is 10.0 Å². The highest BCUT2D eigenvalue weighted by molar-refractivity contribution is 7.92. The predicted molar refractivity (Wildman–Crippen MR) is 83.4 cm³/mol. The number of aromatic amines is 1. The van der Waals surface area contributed by atoms with Crippen LogP contribution < -0.4 is 10.0 Å². The van der Waals surface area contributed by atoms with E-state index in [9.17, 15) is 13.2 Å². The van der Waals surface area contributed by atoms with Gasteiger partial charge in [-0.2, -0.15) is 5.10 Å². The topological polar surface area (TPSA) is 104 Å². The van der Waals surface area contributed by atoms with Gasteiger partial charge in [0.1, 0.15) is 0 Å². The number of hydrogen-bond acceptors (Lipinski definition) is 4. The van der Waals surface area contributed by atoms with Crippen LogP contribution in [0.2, 0.25) is 0 Å². The van der Waals surface area contributed by atoms with Crippen LogP contribution in [0, 0.1) is 0 Å². The van der Waals surface area contributed by atoms with Crippen molar-refractivity contribution in [2.45, 2.75) is 18.8 Å². The van der Waals surface area contributed by atoms with Crippen molar-refractivity contribution in [1.82, 2.24) is 10.2 Å². The molecular weight excluding hydrogens is 304 g/mol. The third kappa shape index (κ3) is 3.64. The molecule has 2 aromatic rings. The highest BCUT2D eigenvalue weighted by Crippen LogP contribution is 2.39. The number of benzene rings is 1. The number of nitrogens with zero attached hydrogens (tertiary/aromatic N) is 1. The summed E-state index contributed by atoms with van der Waals surface area (Å²) in [4.78, 5) is 12.1. The zero-order chi connectivity index (χ0) is 15.7. The van der Waals surface area contributed by atoms with Crippen molar-refractivity contribution in [2.24, 2.45) is 0 Å². The van der Waals surface area contributed by atoms with Gasteiger partial charge in [-0.3, -0.25) is 14.6 Å². The Morgan fingerprint density at radius 1 is 1.23 bits per heavy atom. The molecule has 3 rings (SSSR count). The Kier molecular flexibility index (Phi) is 3.61. The Morgan fingerprint density at radius 3 is 2.45 bits per heavy atom. The molecular formula is C14H16N4O3S. The van der Waals surface area contributed by atoms with Gasteiger partial charge in [0, 0.05) is 23.0 Å². The van der Waals surface area contributed by atoms with E-state index in [1.807, 2.05) is 0 Å². The summed E-state index contributed by atoms with van der Waals surface area (Å²) in [6, 6.07) is 8.18. The molecule has 0 bridgehead atoms. The Hall–Kier alpha value is -2.35. The van der Waals surface area contributed by atoms with E-state index in [1.165, 1.54) is 0 Å². The molecule has 1 fully saturated rings. The number of amides is 1. The largest absolute Gasteiger partial charge is 0.321 e. The van der Waals surface area contributed by atoms with Crippen LogP contribution in [0.15, 0.2) is 30.3 Å². The van der Waals surface area contributed by atoms with Crippen molar-refractivity contribution in [3.8, 4) is 0 Å². The zero-order valence-corrected chi connectivity index (χ0v) is 12.8. The molecule has 1 aromatic carbocycles. The van der Waals surface area contributed by atoms with Gasteiger partial charge < -0.3 is 5.32 Å². The molecule has 0 atom stereocenters. The van der Waals surface area contributed by atoms with E-state index < -0.39 is 10.0 Å². The molecule has 3 N–H and O–H groups in total. The summed E-state index contributed by atoms with van der Waals surface area (Å²) in [7, 11) is -3.31. The third-order valence-electron chi connectivity index (χ3n) is 3.29. The van der Waals surface area contributed by atoms with Gasteiger partial charge in [-0.05, 0) is 43.2 Å². The third-order valence-corrected chi connectivity index (χ3v) is 3.90. The number of carbonyl (C=O) groups is 1. The highest BCUT2D eigenvalue weighted by Gasteiger charge is 2.26. The molecule has 0 unspecified atom stereocenters. The molecule has 1 aliphatic rings. The first-order valence-electron chi connectivity index (χ1n) is 6.85. The Morgan fingerprint density at radius 2 is 1.86 bits per heavy atom. The second-order valence-corrected chi connectivity index (χ2v) is 7.14. The maximum atomic E-state index is 12.1. The molecule has 1 aromatic heterocycles. The maximum Gasteiger partial charge on any atom is 0.276 e. The first kappa shape index (κ1) is 14.6. The van der Waals surface area contributed by atoms with Crippen LogP contribution in [0.25, 0.3) is 0 Å². The lowest BCUT2D eigenvalue weighted by Gasteiger charge is -2.06. The molecule has 1 amide bonds. The Labute approximate surface area is 128 Å². The van der Waals surface area contributed by atoms with Crippen molar-refractivity contribution in [3.05, 3.63) is 41.7 Å². The number of aromatic nitrogens is 2. The lowest BCUT2D eigenvalue weighted by atomic mass is 10.2. The fourth-order valence-corrected chi connectivity index (χ4v) is 2.65. The van der Waals surface area contributed by atoms with E-state index in [2.05, 4.69) is 20.2 Å². The molecule has 8 heteroatoms. The Bertz CT molecular complexity index is 792. The maximum absolute atomic E-state index is 12.1. The smallest absolute Gasteiger partial charge is 0.276 e. The number of rotatable bonds is 5. The second-order valence-electron chi connectivity index (χ2n) is 5.39. The van der Waals surface area contributed by atoms with E-state index in [4.69, 9.17) is 0 Å². The number of H-pyrrole nitrogens is 1. The normalized spacial score (nSPS) is 14.6. The van der Waals surface area contributed by atoms with Gasteiger partial charge in [0.2, 0.25) is 10.0 Å². The predicted octanol–water partition coefficient (Wildman–Crippen LogP) is 1.91. The molecule has 1 heterocycles. The second kappa shape index (κ2) is 5.45. The van der Waals surface area contributed by atoms with E-state index in [0.717, 1.165) is 24.8 Å². The van der Waals surface area contributed by atoms with Crippen molar-refractivity contribution in [2.75, 3.05) is 16.3 Å². The molecule has 7 nitrogen and oxygen atoms in total. The van der Waals surface area contributed by atoms with Crippen LogP contribution in [0.5, 0.6) is 0 Å². The van der Waals surface area contributed by atoms with Crippen molar-refractivity contribution in [1.29, 1.82) is 0 Å². The van der Waals surface area contributed by atoms with Crippen LogP contribution in [-0.4, -0.2) is 30.8 Å². The zero-order valence-electron chi connectivity index (χ0n) is 12.0. The summed E-state index contributed by atoms with van der Waals surface area (Å²) in [5, 5.41) is 9.61. The van der Waals surface area contributed by atoms with Gasteiger partial charge in [-0.1, -0.05) is 0 Å². The van der Waals surface area contributed by atoms with Crippen LogP contribution in [0.1, 0.15) is 34.9 Å². The first-order chi connectivity index (χ1) is 10.4. The van der Waals surface area contributed by atoms with E-state index in [1.54, 1.807) is 30.3 Å². The van der Waals surface area contributed by atoms with Crippen molar-refractivity contribution >= 4 is 27.3 Å². The van der Waals surface area contributed by atoms with Crippen LogP contribution in [0.3, 0.4) is 0 Å². The van der Waals surface area contributed by atoms with Gasteiger partial charge in [0.05, 0.1) is 6.26 Å². The first-order valence-corrected chi connectivity index (χ1v) is 8.74. The van der Waals surface area contributed by atoms with E-state index in [-0.39, 0.29) is 5.91 Å². The highest BCUT2D eigenvalue weighted by atomic mass is 32.2. The molecule has 22 heavy (non-hydrogen) atoms. The molecule has 0 aliphatic heterocycles. The van der Waals surface area contributed by atoms with Gasteiger partial charge >= 0.3 is 0 Å². The standard InChI is InChI=1S/C14H16N4O3S/c1-22(20,21)18-11-6-4-10(5-7-11)15-14(19)13-8-12(16-17-13)9-2-3-9/h4-9,18H,2-3H2,1H3,(H,15,19)(H,16,17). The quantitative estimate of drug-likeness (QED) is 0.782. The van der Waals surface area contributed by atoms with Crippen molar-refractivity contribution in [3.63, 3.8) is 0 Å².